The summed E-state index contributed by atoms with van der Waals surface area (Å²) in [4.78, 5) is 3.72. The molecule has 0 radical (unpaired) electrons. The number of pyridine rings is 1. The van der Waals surface area contributed by atoms with Crippen molar-refractivity contribution in [3.63, 3.8) is 0 Å². The smallest absolute Gasteiger partial charge is 0.386 e. The van der Waals surface area contributed by atoms with Crippen LogP contribution in [-0.2, 0) is 10.0 Å². The van der Waals surface area contributed by atoms with Crippen LogP contribution in [0.15, 0.2) is 23.4 Å². The van der Waals surface area contributed by atoms with Crippen LogP contribution in [-0.4, -0.2) is 43.5 Å². The van der Waals surface area contributed by atoms with Gasteiger partial charge in [-0.2, -0.15) is 17.5 Å². The van der Waals surface area contributed by atoms with Gasteiger partial charge in [0.15, 0.2) is 5.03 Å². The maximum atomic E-state index is 12.6. The van der Waals surface area contributed by atoms with Gasteiger partial charge in [-0.1, -0.05) is 0 Å². The van der Waals surface area contributed by atoms with E-state index in [1.165, 1.54) is 25.4 Å². The van der Waals surface area contributed by atoms with Crippen molar-refractivity contribution >= 4 is 15.7 Å². The lowest BCUT2D eigenvalue weighted by atomic mass is 10.4. The summed E-state index contributed by atoms with van der Waals surface area (Å²) in [5.41, 5.74) is 0.181. The van der Waals surface area contributed by atoms with Crippen LogP contribution in [0.5, 0.6) is 0 Å². The Labute approximate surface area is 114 Å². The molecule has 0 unspecified atom stereocenters. The molecule has 1 N–H and O–H groups in total. The minimum Gasteiger partial charge on any atom is -0.386 e. The maximum absolute atomic E-state index is 12.6. The van der Waals surface area contributed by atoms with Gasteiger partial charge >= 0.3 is 6.18 Å². The Morgan fingerprint density at radius 3 is 2.60 bits per heavy atom. The Morgan fingerprint density at radius 1 is 1.45 bits per heavy atom. The minimum atomic E-state index is -4.58. The van der Waals surface area contributed by atoms with Gasteiger partial charge in [0.25, 0.3) is 10.0 Å². The zero-order chi connectivity index (χ0) is 15.0. The van der Waals surface area contributed by atoms with E-state index in [-0.39, 0.29) is 10.7 Å². The summed E-state index contributed by atoms with van der Waals surface area (Å²) in [5.74, 6) is 0. The standard InChI is InChI=1S/C11H14F3N3O2S/c1-15-9-3-2-6-16-10(9)20(18,19)17(8-4-5-8)7-11(12,13)14/h2-3,6,8,15H,4-5,7H2,1H3. The van der Waals surface area contributed by atoms with Crippen molar-refractivity contribution in [3.05, 3.63) is 18.3 Å². The average Bonchev–Trinajstić information content (AvgIpc) is 3.19. The number of aromatic nitrogens is 1. The second kappa shape index (κ2) is 5.21. The Balaban J connectivity index is 2.40. The van der Waals surface area contributed by atoms with Crippen LogP contribution >= 0.6 is 0 Å². The molecular weight excluding hydrogens is 295 g/mol. The van der Waals surface area contributed by atoms with E-state index in [2.05, 4.69) is 10.3 Å². The van der Waals surface area contributed by atoms with Gasteiger partial charge in [-0.25, -0.2) is 13.4 Å². The van der Waals surface area contributed by atoms with Crippen LogP contribution in [0.4, 0.5) is 18.9 Å². The Kier molecular flexibility index (Phi) is 3.92. The summed E-state index contributed by atoms with van der Waals surface area (Å²) in [7, 11) is -2.79. The first-order valence-corrected chi connectivity index (χ1v) is 7.41. The predicted molar refractivity (Wildman–Crippen MR) is 66.8 cm³/mol. The van der Waals surface area contributed by atoms with Crippen LogP contribution in [0.3, 0.4) is 0 Å². The van der Waals surface area contributed by atoms with E-state index >= 15 is 0 Å². The van der Waals surface area contributed by atoms with Crippen LogP contribution in [0, 0.1) is 0 Å². The summed E-state index contributed by atoms with van der Waals surface area (Å²) in [5, 5.41) is 2.25. The molecule has 1 aliphatic carbocycles. The summed E-state index contributed by atoms with van der Waals surface area (Å²) in [6.45, 7) is -1.49. The van der Waals surface area contributed by atoms with Gasteiger partial charge in [-0.3, -0.25) is 0 Å². The normalized spacial score (nSPS) is 16.4. The van der Waals surface area contributed by atoms with Crippen molar-refractivity contribution in [3.8, 4) is 0 Å². The van der Waals surface area contributed by atoms with Crippen LogP contribution in [0.2, 0.25) is 0 Å². The number of nitrogens with zero attached hydrogens (tertiary/aromatic N) is 2. The monoisotopic (exact) mass is 309 g/mol. The van der Waals surface area contributed by atoms with Gasteiger partial charge in [-0.05, 0) is 25.0 Å². The van der Waals surface area contributed by atoms with E-state index < -0.39 is 28.8 Å². The number of rotatable bonds is 5. The van der Waals surface area contributed by atoms with Gasteiger partial charge in [0.2, 0.25) is 0 Å². The van der Waals surface area contributed by atoms with Crippen molar-refractivity contribution in [2.24, 2.45) is 0 Å². The second-order valence-corrected chi connectivity index (χ2v) is 6.31. The molecular formula is C11H14F3N3O2S. The number of alkyl halides is 3. The van der Waals surface area contributed by atoms with E-state index in [9.17, 15) is 21.6 Å². The van der Waals surface area contributed by atoms with Crippen molar-refractivity contribution in [2.45, 2.75) is 30.1 Å². The number of sulfonamides is 1. The summed E-state index contributed by atoms with van der Waals surface area (Å²) in [6, 6.07) is 2.38. The number of hydrogen-bond acceptors (Lipinski definition) is 4. The van der Waals surface area contributed by atoms with Gasteiger partial charge in [0.1, 0.15) is 6.54 Å². The van der Waals surface area contributed by atoms with E-state index in [0.717, 1.165) is 0 Å². The minimum absolute atomic E-state index is 0.181. The largest absolute Gasteiger partial charge is 0.402 e. The third-order valence-electron chi connectivity index (χ3n) is 2.88. The third kappa shape index (κ3) is 3.21. The number of nitrogens with one attached hydrogen (secondary N) is 1. The number of halogens is 3. The van der Waals surface area contributed by atoms with Crippen LogP contribution < -0.4 is 5.32 Å². The molecule has 1 heterocycles. The zero-order valence-electron chi connectivity index (χ0n) is 10.7. The van der Waals surface area contributed by atoms with Gasteiger partial charge < -0.3 is 5.32 Å². The topological polar surface area (TPSA) is 62.3 Å². The highest BCUT2D eigenvalue weighted by atomic mass is 32.2. The van der Waals surface area contributed by atoms with Crippen molar-refractivity contribution in [1.29, 1.82) is 0 Å². The molecule has 1 fully saturated rings. The molecule has 112 valence electrons. The van der Waals surface area contributed by atoms with Crippen LogP contribution in [0.1, 0.15) is 12.8 Å². The maximum Gasteiger partial charge on any atom is 0.402 e. The molecule has 0 atom stereocenters. The summed E-state index contributed by atoms with van der Waals surface area (Å²) < 4.78 is 63.0. The number of anilines is 1. The lowest BCUT2D eigenvalue weighted by Crippen LogP contribution is -2.41. The molecule has 9 heteroatoms. The first kappa shape index (κ1) is 15.0. The summed E-state index contributed by atoms with van der Waals surface area (Å²) >= 11 is 0. The molecule has 0 spiro atoms. The Bertz CT molecular complexity index is 585. The van der Waals surface area contributed by atoms with Crippen molar-refractivity contribution in [2.75, 3.05) is 18.9 Å². The molecule has 1 aromatic heterocycles. The highest BCUT2D eigenvalue weighted by Gasteiger charge is 2.45. The fourth-order valence-electron chi connectivity index (χ4n) is 1.85. The first-order chi connectivity index (χ1) is 9.25. The first-order valence-electron chi connectivity index (χ1n) is 5.97. The van der Waals surface area contributed by atoms with E-state index in [1.807, 2.05) is 0 Å². The molecule has 20 heavy (non-hydrogen) atoms. The van der Waals surface area contributed by atoms with Gasteiger partial charge in [0.05, 0.1) is 5.69 Å². The lowest BCUT2D eigenvalue weighted by Gasteiger charge is -2.23. The molecule has 1 aliphatic rings. The molecule has 0 saturated heterocycles. The molecule has 0 bridgehead atoms. The Hall–Kier alpha value is -1.35. The van der Waals surface area contributed by atoms with E-state index in [0.29, 0.717) is 17.1 Å². The fourth-order valence-corrected chi connectivity index (χ4v) is 3.63. The molecule has 0 aromatic carbocycles. The SMILES string of the molecule is CNc1cccnc1S(=O)(=O)N(CC(F)(F)F)C1CC1. The molecule has 0 aliphatic heterocycles. The third-order valence-corrected chi connectivity index (χ3v) is 4.74. The van der Waals surface area contributed by atoms with Crippen molar-refractivity contribution < 1.29 is 21.6 Å². The van der Waals surface area contributed by atoms with Crippen molar-refractivity contribution in [1.82, 2.24) is 9.29 Å². The zero-order valence-corrected chi connectivity index (χ0v) is 11.5. The Morgan fingerprint density at radius 2 is 2.10 bits per heavy atom. The highest BCUT2D eigenvalue weighted by Crippen LogP contribution is 2.35. The molecule has 2 rings (SSSR count). The fraction of sp³-hybridized carbons (Fsp3) is 0.545. The van der Waals surface area contributed by atoms with Gasteiger partial charge in [0, 0.05) is 19.3 Å². The molecule has 1 aromatic rings. The molecule has 5 nitrogen and oxygen atoms in total. The van der Waals surface area contributed by atoms with Gasteiger partial charge in [-0.15, -0.1) is 0 Å². The molecule has 1 saturated carbocycles. The quantitative estimate of drug-likeness (QED) is 0.901. The lowest BCUT2D eigenvalue weighted by molar-refractivity contribution is -0.137. The predicted octanol–water partition coefficient (Wildman–Crippen LogP) is 1.84. The van der Waals surface area contributed by atoms with E-state index in [4.69, 9.17) is 0 Å². The summed E-state index contributed by atoms with van der Waals surface area (Å²) in [6.07, 6.45) is -2.45. The molecule has 0 amide bonds. The van der Waals surface area contributed by atoms with E-state index in [1.54, 1.807) is 0 Å². The second-order valence-electron chi connectivity index (χ2n) is 4.50. The number of hydrogen-bond donors (Lipinski definition) is 1. The highest BCUT2D eigenvalue weighted by molar-refractivity contribution is 7.89. The van der Waals surface area contributed by atoms with Crippen LogP contribution in [0.25, 0.3) is 0 Å². The average molecular weight is 309 g/mol.